The maximum Gasteiger partial charge on any atom is 0.0358 e. The van der Waals surface area contributed by atoms with Crippen LogP contribution in [0.2, 0.25) is 0 Å². The van der Waals surface area contributed by atoms with Crippen LogP contribution >= 0.6 is 0 Å². The molecule has 0 aromatic heterocycles. The van der Waals surface area contributed by atoms with E-state index in [0.717, 1.165) is 11.4 Å². The lowest BCUT2D eigenvalue weighted by atomic mass is 10.3. The second-order valence-corrected chi connectivity index (χ2v) is 2.58. The number of anilines is 2. The summed E-state index contributed by atoms with van der Waals surface area (Å²) in [6, 6.07) is 7.64. The van der Waals surface area contributed by atoms with Crippen molar-refractivity contribution in [3.63, 3.8) is 0 Å². The summed E-state index contributed by atoms with van der Waals surface area (Å²) >= 11 is 0. The van der Waals surface area contributed by atoms with Crippen molar-refractivity contribution < 1.29 is 0 Å². The number of nitrogens with one attached hydrogen (secondary N) is 1. The fourth-order valence-electron chi connectivity index (χ4n) is 0.694. The van der Waals surface area contributed by atoms with Gasteiger partial charge in [0.05, 0.1) is 0 Å². The van der Waals surface area contributed by atoms with Crippen molar-refractivity contribution in [1.29, 1.82) is 0 Å². The van der Waals surface area contributed by atoms with Crippen LogP contribution in [0, 0.1) is 0 Å². The van der Waals surface area contributed by atoms with Crippen LogP contribution in [0.3, 0.4) is 0 Å². The molecule has 14 heavy (non-hydrogen) atoms. The van der Waals surface area contributed by atoms with Gasteiger partial charge in [-0.1, -0.05) is 40.2 Å². The minimum atomic E-state index is 0.793. The zero-order valence-corrected chi connectivity index (χ0v) is 10.1. The second-order valence-electron chi connectivity index (χ2n) is 2.58. The predicted octanol–water partition coefficient (Wildman–Crippen LogP) is 3.75. The first-order chi connectivity index (χ1) is 6.74. The average Bonchev–Trinajstić information content (AvgIpc) is 2.22. The standard InChI is InChI=1S/C7H10N2.C3H8.C2H6/c1-9-7-4-2-3-6(8)5-7;1-3-2;1-2/h2-5,9H,8H2,1H3;3H2,1-2H3;1-2H3. The van der Waals surface area contributed by atoms with Gasteiger partial charge in [0.2, 0.25) is 0 Å². The highest BCUT2D eigenvalue weighted by molar-refractivity contribution is 5.53. The first-order valence-electron chi connectivity index (χ1n) is 5.27. The Morgan fingerprint density at radius 2 is 1.71 bits per heavy atom. The lowest BCUT2D eigenvalue weighted by Crippen LogP contribution is -1.89. The number of rotatable bonds is 1. The van der Waals surface area contributed by atoms with E-state index in [1.807, 2.05) is 45.2 Å². The Kier molecular flexibility index (Phi) is 12.9. The highest BCUT2D eigenvalue weighted by Gasteiger charge is 1.85. The van der Waals surface area contributed by atoms with E-state index in [-0.39, 0.29) is 0 Å². The van der Waals surface area contributed by atoms with Crippen molar-refractivity contribution in [1.82, 2.24) is 0 Å². The molecule has 0 saturated carbocycles. The second kappa shape index (κ2) is 11.8. The molecule has 0 aliphatic rings. The van der Waals surface area contributed by atoms with Crippen LogP contribution < -0.4 is 11.1 Å². The van der Waals surface area contributed by atoms with Crippen molar-refractivity contribution in [3.8, 4) is 0 Å². The Morgan fingerprint density at radius 3 is 2.00 bits per heavy atom. The molecule has 0 spiro atoms. The van der Waals surface area contributed by atoms with Crippen LogP contribution in [0.5, 0.6) is 0 Å². The molecule has 1 rings (SSSR count). The zero-order chi connectivity index (χ0) is 11.4. The average molecular weight is 196 g/mol. The Bertz CT molecular complexity index is 209. The monoisotopic (exact) mass is 196 g/mol. The number of nitrogen functional groups attached to an aromatic ring is 1. The van der Waals surface area contributed by atoms with Gasteiger partial charge in [-0.15, -0.1) is 0 Å². The summed E-state index contributed by atoms with van der Waals surface area (Å²) in [4.78, 5) is 0. The first kappa shape index (κ1) is 15.3. The molecule has 0 aliphatic heterocycles. The van der Waals surface area contributed by atoms with E-state index in [0.29, 0.717) is 0 Å². The maximum absolute atomic E-state index is 5.49. The predicted molar refractivity (Wildman–Crippen MR) is 67.7 cm³/mol. The lowest BCUT2D eigenvalue weighted by molar-refractivity contribution is 1.09. The molecular weight excluding hydrogens is 172 g/mol. The normalized spacial score (nSPS) is 7.50. The van der Waals surface area contributed by atoms with Crippen LogP contribution in [0.4, 0.5) is 11.4 Å². The summed E-state index contributed by atoms with van der Waals surface area (Å²) < 4.78 is 0. The van der Waals surface area contributed by atoms with Crippen LogP contribution in [-0.2, 0) is 0 Å². The number of hydrogen-bond donors (Lipinski definition) is 2. The van der Waals surface area contributed by atoms with E-state index in [9.17, 15) is 0 Å². The molecule has 0 fully saturated rings. The van der Waals surface area contributed by atoms with Gasteiger partial charge in [-0.25, -0.2) is 0 Å². The zero-order valence-electron chi connectivity index (χ0n) is 10.1. The Labute approximate surface area is 88.5 Å². The summed E-state index contributed by atoms with van der Waals surface area (Å²) in [6.07, 6.45) is 1.25. The van der Waals surface area contributed by atoms with Crippen LogP contribution in [-0.4, -0.2) is 7.05 Å². The molecular formula is C12H24N2. The van der Waals surface area contributed by atoms with E-state index < -0.39 is 0 Å². The lowest BCUT2D eigenvalue weighted by Gasteiger charge is -1.98. The summed E-state index contributed by atoms with van der Waals surface area (Å²) in [7, 11) is 1.87. The van der Waals surface area contributed by atoms with Gasteiger partial charge in [0.1, 0.15) is 0 Å². The fourth-order valence-corrected chi connectivity index (χ4v) is 0.694. The number of hydrogen-bond acceptors (Lipinski definition) is 2. The van der Waals surface area contributed by atoms with E-state index in [2.05, 4.69) is 19.2 Å². The smallest absolute Gasteiger partial charge is 0.0358 e. The van der Waals surface area contributed by atoms with E-state index in [4.69, 9.17) is 5.73 Å². The van der Waals surface area contributed by atoms with E-state index in [1.165, 1.54) is 6.42 Å². The SMILES string of the molecule is CC.CCC.CNc1cccc(N)c1. The molecule has 0 amide bonds. The molecule has 82 valence electrons. The van der Waals surface area contributed by atoms with Gasteiger partial charge >= 0.3 is 0 Å². The molecule has 0 bridgehead atoms. The van der Waals surface area contributed by atoms with Crippen molar-refractivity contribution in [2.24, 2.45) is 0 Å². The third-order valence-corrected chi connectivity index (χ3v) is 1.18. The van der Waals surface area contributed by atoms with E-state index >= 15 is 0 Å². The summed E-state index contributed by atoms with van der Waals surface area (Å²) in [5.41, 5.74) is 7.34. The van der Waals surface area contributed by atoms with Gasteiger partial charge < -0.3 is 11.1 Å². The van der Waals surface area contributed by atoms with E-state index in [1.54, 1.807) is 0 Å². The molecule has 0 radical (unpaired) electrons. The van der Waals surface area contributed by atoms with Crippen molar-refractivity contribution in [2.45, 2.75) is 34.1 Å². The first-order valence-corrected chi connectivity index (χ1v) is 5.27. The number of benzene rings is 1. The number of nitrogens with two attached hydrogens (primary N) is 1. The van der Waals surface area contributed by atoms with Crippen molar-refractivity contribution in [3.05, 3.63) is 24.3 Å². The van der Waals surface area contributed by atoms with Crippen molar-refractivity contribution >= 4 is 11.4 Å². The van der Waals surface area contributed by atoms with Gasteiger partial charge in [-0.2, -0.15) is 0 Å². The van der Waals surface area contributed by atoms with Gasteiger partial charge in [0.25, 0.3) is 0 Å². The Balaban J connectivity index is 0. The topological polar surface area (TPSA) is 38.0 Å². The molecule has 2 heteroatoms. The summed E-state index contributed by atoms with van der Waals surface area (Å²) in [5.74, 6) is 0. The van der Waals surface area contributed by atoms with Gasteiger partial charge in [0.15, 0.2) is 0 Å². The maximum atomic E-state index is 5.49. The molecule has 0 heterocycles. The summed E-state index contributed by atoms with van der Waals surface area (Å²) in [5, 5.41) is 2.99. The molecule has 0 aliphatic carbocycles. The van der Waals surface area contributed by atoms with Gasteiger partial charge in [-0.05, 0) is 18.2 Å². The largest absolute Gasteiger partial charge is 0.399 e. The minimum absolute atomic E-state index is 0.793. The molecule has 0 unspecified atom stereocenters. The third kappa shape index (κ3) is 8.91. The van der Waals surface area contributed by atoms with Crippen LogP contribution in [0.25, 0.3) is 0 Å². The molecule has 0 saturated heterocycles. The fraction of sp³-hybridized carbons (Fsp3) is 0.500. The molecule has 2 nitrogen and oxygen atoms in total. The van der Waals surface area contributed by atoms with Crippen LogP contribution in [0.15, 0.2) is 24.3 Å². The Hall–Kier alpha value is -1.18. The molecule has 1 aromatic carbocycles. The van der Waals surface area contributed by atoms with Crippen LogP contribution in [0.1, 0.15) is 34.1 Å². The summed E-state index contributed by atoms with van der Waals surface area (Å²) in [6.45, 7) is 8.25. The van der Waals surface area contributed by atoms with Gasteiger partial charge in [-0.3, -0.25) is 0 Å². The quantitative estimate of drug-likeness (QED) is 0.671. The minimum Gasteiger partial charge on any atom is -0.399 e. The molecule has 0 atom stereocenters. The Morgan fingerprint density at radius 1 is 1.21 bits per heavy atom. The third-order valence-electron chi connectivity index (χ3n) is 1.18. The highest BCUT2D eigenvalue weighted by atomic mass is 14.8. The van der Waals surface area contributed by atoms with Gasteiger partial charge in [0, 0.05) is 18.4 Å². The van der Waals surface area contributed by atoms with Crippen molar-refractivity contribution in [2.75, 3.05) is 18.1 Å². The molecule has 1 aromatic rings. The highest BCUT2D eigenvalue weighted by Crippen LogP contribution is 2.09. The molecule has 3 N–H and O–H groups in total.